The highest BCUT2D eigenvalue weighted by atomic mass is 35.5. The lowest BCUT2D eigenvalue weighted by Gasteiger charge is -2.27. The fraction of sp³-hybridized carbons (Fsp3) is 0.400. The zero-order valence-electron chi connectivity index (χ0n) is 13.5. The SMILES string of the molecule is O=C(C[C@@H]1SC(N2CCOCC2)=NC1=O)Nc1cc([N+](=O)[O-])ccc1Cl. The summed E-state index contributed by atoms with van der Waals surface area (Å²) in [5.74, 6) is -0.826. The van der Waals surface area contributed by atoms with E-state index >= 15 is 0 Å². The number of hydrogen-bond donors (Lipinski definition) is 1. The Labute approximate surface area is 157 Å². The number of non-ortho nitro benzene ring substituents is 1. The second-order valence-electron chi connectivity index (χ2n) is 5.61. The number of nitro groups is 1. The van der Waals surface area contributed by atoms with Gasteiger partial charge in [0.2, 0.25) is 5.91 Å². The zero-order valence-corrected chi connectivity index (χ0v) is 15.1. The van der Waals surface area contributed by atoms with Crippen molar-refractivity contribution in [2.45, 2.75) is 11.7 Å². The van der Waals surface area contributed by atoms with E-state index in [-0.39, 0.29) is 28.7 Å². The second kappa shape index (κ2) is 8.02. The van der Waals surface area contributed by atoms with Crippen molar-refractivity contribution in [1.29, 1.82) is 0 Å². The molecule has 0 aliphatic carbocycles. The molecule has 1 saturated heterocycles. The van der Waals surface area contributed by atoms with Gasteiger partial charge in [0.15, 0.2) is 5.17 Å². The molecule has 1 fully saturated rings. The van der Waals surface area contributed by atoms with E-state index in [0.29, 0.717) is 31.5 Å². The largest absolute Gasteiger partial charge is 0.378 e. The van der Waals surface area contributed by atoms with Crippen LogP contribution in [0.2, 0.25) is 5.02 Å². The van der Waals surface area contributed by atoms with E-state index in [2.05, 4.69) is 10.3 Å². The van der Waals surface area contributed by atoms with Crippen molar-refractivity contribution in [3.8, 4) is 0 Å². The fourth-order valence-corrected chi connectivity index (χ4v) is 3.77. The van der Waals surface area contributed by atoms with Crippen LogP contribution in [0.1, 0.15) is 6.42 Å². The van der Waals surface area contributed by atoms with Gasteiger partial charge in [0.1, 0.15) is 5.25 Å². The van der Waals surface area contributed by atoms with Crippen LogP contribution in [0.5, 0.6) is 0 Å². The molecule has 0 aromatic heterocycles. The molecule has 1 N–H and O–H groups in total. The minimum Gasteiger partial charge on any atom is -0.378 e. The van der Waals surface area contributed by atoms with Crippen molar-refractivity contribution in [2.24, 2.45) is 4.99 Å². The van der Waals surface area contributed by atoms with Crippen LogP contribution in [0.15, 0.2) is 23.2 Å². The van der Waals surface area contributed by atoms with Gasteiger partial charge >= 0.3 is 0 Å². The van der Waals surface area contributed by atoms with Crippen LogP contribution in [0, 0.1) is 10.1 Å². The van der Waals surface area contributed by atoms with E-state index in [1.807, 2.05) is 4.90 Å². The van der Waals surface area contributed by atoms with Gasteiger partial charge in [-0.1, -0.05) is 23.4 Å². The average Bonchev–Trinajstić information content (AvgIpc) is 2.98. The number of ether oxygens (including phenoxy) is 1. The highest BCUT2D eigenvalue weighted by Gasteiger charge is 2.33. The summed E-state index contributed by atoms with van der Waals surface area (Å²) in [6.07, 6.45) is -0.0974. The summed E-state index contributed by atoms with van der Waals surface area (Å²) >= 11 is 7.21. The predicted molar refractivity (Wildman–Crippen MR) is 97.6 cm³/mol. The van der Waals surface area contributed by atoms with Crippen molar-refractivity contribution in [2.75, 3.05) is 31.6 Å². The minimum atomic E-state index is -0.620. The van der Waals surface area contributed by atoms with Crippen molar-refractivity contribution in [1.82, 2.24) is 4.90 Å². The van der Waals surface area contributed by atoms with E-state index in [1.165, 1.54) is 30.0 Å². The maximum Gasteiger partial charge on any atom is 0.271 e. The molecule has 0 spiro atoms. The monoisotopic (exact) mass is 398 g/mol. The number of rotatable bonds is 4. The molecule has 2 aliphatic heterocycles. The Kier molecular flexibility index (Phi) is 5.74. The number of carbonyl (C=O) groups is 2. The van der Waals surface area contributed by atoms with Gasteiger partial charge in [0, 0.05) is 31.6 Å². The van der Waals surface area contributed by atoms with Gasteiger partial charge in [-0.2, -0.15) is 4.99 Å². The molecular formula is C15H15ClN4O5S. The predicted octanol–water partition coefficient (Wildman–Crippen LogP) is 1.91. The summed E-state index contributed by atoms with van der Waals surface area (Å²) in [5, 5.41) is 13.5. The maximum absolute atomic E-state index is 12.2. The summed E-state index contributed by atoms with van der Waals surface area (Å²) in [5.41, 5.74) is -0.0513. The number of nitrogens with zero attached hydrogens (tertiary/aromatic N) is 3. The quantitative estimate of drug-likeness (QED) is 0.608. The van der Waals surface area contributed by atoms with E-state index in [4.69, 9.17) is 16.3 Å². The third-order valence-corrected chi connectivity index (χ3v) is 5.36. The smallest absolute Gasteiger partial charge is 0.271 e. The zero-order chi connectivity index (χ0) is 18.7. The summed E-state index contributed by atoms with van der Waals surface area (Å²) in [6.45, 7) is 2.46. The lowest BCUT2D eigenvalue weighted by atomic mass is 10.2. The lowest BCUT2D eigenvalue weighted by Crippen LogP contribution is -2.39. The molecule has 0 unspecified atom stereocenters. The first-order valence-electron chi connectivity index (χ1n) is 7.79. The number of nitrogens with one attached hydrogen (secondary N) is 1. The molecule has 9 nitrogen and oxygen atoms in total. The number of hydrogen-bond acceptors (Lipinski definition) is 7. The van der Waals surface area contributed by atoms with E-state index in [9.17, 15) is 19.7 Å². The van der Waals surface area contributed by atoms with Gasteiger partial charge in [0.05, 0.1) is 28.8 Å². The first kappa shape index (κ1) is 18.6. The molecule has 1 aromatic rings. The van der Waals surface area contributed by atoms with Crippen molar-refractivity contribution >= 4 is 51.7 Å². The van der Waals surface area contributed by atoms with E-state index in [0.717, 1.165) is 0 Å². The Morgan fingerprint density at radius 1 is 1.46 bits per heavy atom. The Morgan fingerprint density at radius 3 is 2.88 bits per heavy atom. The highest BCUT2D eigenvalue weighted by Crippen LogP contribution is 2.30. The topological polar surface area (TPSA) is 114 Å². The molecule has 2 aliphatic rings. The minimum absolute atomic E-state index is 0.0974. The fourth-order valence-electron chi connectivity index (χ4n) is 2.49. The molecule has 0 saturated carbocycles. The molecule has 138 valence electrons. The number of amides is 2. The number of carbonyl (C=O) groups excluding carboxylic acids is 2. The lowest BCUT2D eigenvalue weighted by molar-refractivity contribution is -0.384. The Balaban J connectivity index is 1.60. The molecular weight excluding hydrogens is 384 g/mol. The van der Waals surface area contributed by atoms with Crippen molar-refractivity contribution in [3.05, 3.63) is 33.3 Å². The summed E-state index contributed by atoms with van der Waals surface area (Å²) in [6, 6.07) is 3.76. The number of halogens is 1. The van der Waals surface area contributed by atoms with Crippen molar-refractivity contribution < 1.29 is 19.2 Å². The van der Waals surface area contributed by atoms with Crippen LogP contribution in [0.25, 0.3) is 0 Å². The third kappa shape index (κ3) is 4.32. The van der Waals surface area contributed by atoms with E-state index in [1.54, 1.807) is 0 Å². The van der Waals surface area contributed by atoms with Crippen LogP contribution < -0.4 is 5.32 Å². The number of thioether (sulfide) groups is 1. The van der Waals surface area contributed by atoms with Gasteiger partial charge in [-0.25, -0.2) is 0 Å². The van der Waals surface area contributed by atoms with Gasteiger partial charge in [-0.15, -0.1) is 0 Å². The molecule has 11 heteroatoms. The van der Waals surface area contributed by atoms with Crippen LogP contribution in [0.4, 0.5) is 11.4 Å². The summed E-state index contributed by atoms with van der Waals surface area (Å²) < 4.78 is 5.27. The standard InChI is InChI=1S/C15H15ClN4O5S/c16-10-2-1-9(20(23)24)7-11(10)17-13(21)8-12-14(22)18-15(26-12)19-3-5-25-6-4-19/h1-2,7,12H,3-6,8H2,(H,17,21)/t12-/m0/s1. The van der Waals surface area contributed by atoms with Crippen LogP contribution in [-0.4, -0.2) is 58.4 Å². The highest BCUT2D eigenvalue weighted by molar-refractivity contribution is 8.15. The molecule has 2 heterocycles. The molecule has 0 bridgehead atoms. The molecule has 0 radical (unpaired) electrons. The number of nitro benzene ring substituents is 1. The molecule has 1 atom stereocenters. The van der Waals surface area contributed by atoms with Crippen molar-refractivity contribution in [3.63, 3.8) is 0 Å². The van der Waals surface area contributed by atoms with Gasteiger partial charge in [0.25, 0.3) is 11.6 Å². The Morgan fingerprint density at radius 2 is 2.19 bits per heavy atom. The number of amidine groups is 1. The van der Waals surface area contributed by atoms with Crippen LogP contribution >= 0.6 is 23.4 Å². The summed E-state index contributed by atoms with van der Waals surface area (Å²) in [4.78, 5) is 40.5. The number of benzene rings is 1. The number of aliphatic imine (C=N–C) groups is 1. The van der Waals surface area contributed by atoms with Gasteiger partial charge in [-0.3, -0.25) is 19.7 Å². The molecule has 1 aromatic carbocycles. The van der Waals surface area contributed by atoms with Crippen LogP contribution in [0.3, 0.4) is 0 Å². The Bertz CT molecular complexity index is 781. The van der Waals surface area contributed by atoms with Gasteiger partial charge in [-0.05, 0) is 6.07 Å². The molecule has 2 amide bonds. The average molecular weight is 399 g/mol. The van der Waals surface area contributed by atoms with Crippen LogP contribution in [-0.2, 0) is 14.3 Å². The normalized spacial score (nSPS) is 20.0. The first-order valence-corrected chi connectivity index (χ1v) is 9.05. The second-order valence-corrected chi connectivity index (χ2v) is 7.19. The number of morpholine rings is 1. The number of anilines is 1. The Hall–Kier alpha value is -2.17. The molecule has 3 rings (SSSR count). The van der Waals surface area contributed by atoms with Gasteiger partial charge < -0.3 is 15.0 Å². The summed E-state index contributed by atoms with van der Waals surface area (Å²) in [7, 11) is 0. The molecule has 26 heavy (non-hydrogen) atoms. The third-order valence-electron chi connectivity index (χ3n) is 3.82. The van der Waals surface area contributed by atoms with E-state index < -0.39 is 16.1 Å². The first-order chi connectivity index (χ1) is 12.4. The maximum atomic E-state index is 12.2.